The van der Waals surface area contributed by atoms with Crippen LogP contribution in [0.4, 0.5) is 10.5 Å². The first-order valence-corrected chi connectivity index (χ1v) is 8.15. The van der Waals surface area contributed by atoms with Crippen molar-refractivity contribution in [3.8, 4) is 0 Å². The second-order valence-corrected chi connectivity index (χ2v) is 6.23. The van der Waals surface area contributed by atoms with Gasteiger partial charge in [0.25, 0.3) is 0 Å². The zero-order valence-corrected chi connectivity index (χ0v) is 13.4. The van der Waals surface area contributed by atoms with Crippen molar-refractivity contribution >= 4 is 17.6 Å². The number of carbonyl (C=O) groups excluding carboxylic acids is 2. The fourth-order valence-electron chi connectivity index (χ4n) is 3.03. The van der Waals surface area contributed by atoms with Crippen LogP contribution in [0.25, 0.3) is 0 Å². The lowest BCUT2D eigenvalue weighted by Gasteiger charge is -2.18. The molecule has 2 aliphatic heterocycles. The van der Waals surface area contributed by atoms with Gasteiger partial charge in [-0.3, -0.25) is 4.79 Å². The highest BCUT2D eigenvalue weighted by Gasteiger charge is 2.31. The number of anilines is 1. The van der Waals surface area contributed by atoms with Crippen LogP contribution in [0.1, 0.15) is 24.8 Å². The molecule has 0 radical (unpaired) electrons. The van der Waals surface area contributed by atoms with Crippen molar-refractivity contribution in [3.63, 3.8) is 0 Å². The summed E-state index contributed by atoms with van der Waals surface area (Å²) in [6.45, 7) is 3.82. The highest BCUT2D eigenvalue weighted by atomic mass is 16.5. The minimum Gasteiger partial charge on any atom is -0.376 e. The number of rotatable bonds is 4. The van der Waals surface area contributed by atoms with Crippen molar-refractivity contribution in [2.75, 3.05) is 24.6 Å². The lowest BCUT2D eigenvalue weighted by atomic mass is 10.2. The lowest BCUT2D eigenvalue weighted by Crippen LogP contribution is -2.45. The fraction of sp³-hybridized carbons (Fsp3) is 0.529. The molecule has 3 rings (SSSR count). The number of urea groups is 1. The predicted octanol–water partition coefficient (Wildman–Crippen LogP) is 1.58. The average Bonchev–Trinajstić information content (AvgIpc) is 3.16. The molecule has 2 N–H and O–H groups in total. The summed E-state index contributed by atoms with van der Waals surface area (Å²) in [5.41, 5.74) is 2.04. The standard InChI is InChI=1S/C17H23N3O3/c1-12-4-6-14(7-5-12)20-11-13(9-16(20)21)19-17(22)18-10-15-3-2-8-23-15/h4-7,13,15H,2-3,8-11H2,1H3,(H2,18,19,22)/t13-,15-/m1/s1. The third-order valence-corrected chi connectivity index (χ3v) is 4.32. The van der Waals surface area contributed by atoms with Crippen LogP contribution in [-0.4, -0.2) is 43.8 Å². The second kappa shape index (κ2) is 7.00. The zero-order valence-electron chi connectivity index (χ0n) is 13.4. The molecular formula is C17H23N3O3. The van der Waals surface area contributed by atoms with E-state index in [1.54, 1.807) is 4.90 Å². The van der Waals surface area contributed by atoms with Gasteiger partial charge in [0.05, 0.1) is 12.1 Å². The van der Waals surface area contributed by atoms with Gasteiger partial charge in [0.15, 0.2) is 0 Å². The van der Waals surface area contributed by atoms with Gasteiger partial charge in [-0.05, 0) is 31.9 Å². The van der Waals surface area contributed by atoms with E-state index in [2.05, 4.69) is 10.6 Å². The van der Waals surface area contributed by atoms with Crippen molar-refractivity contribution < 1.29 is 14.3 Å². The van der Waals surface area contributed by atoms with Gasteiger partial charge in [-0.2, -0.15) is 0 Å². The Morgan fingerprint density at radius 2 is 2.13 bits per heavy atom. The summed E-state index contributed by atoms with van der Waals surface area (Å²) in [5, 5.41) is 5.70. The maximum Gasteiger partial charge on any atom is 0.315 e. The van der Waals surface area contributed by atoms with Crippen LogP contribution >= 0.6 is 0 Å². The lowest BCUT2D eigenvalue weighted by molar-refractivity contribution is -0.117. The molecule has 6 nitrogen and oxygen atoms in total. The van der Waals surface area contributed by atoms with Gasteiger partial charge in [0.1, 0.15) is 0 Å². The first-order chi connectivity index (χ1) is 11.1. The molecule has 2 heterocycles. The normalized spacial score (nSPS) is 24.0. The van der Waals surface area contributed by atoms with Crippen molar-refractivity contribution in [1.29, 1.82) is 0 Å². The summed E-state index contributed by atoms with van der Waals surface area (Å²) in [6.07, 6.45) is 2.50. The molecule has 0 aliphatic carbocycles. The minimum atomic E-state index is -0.232. The van der Waals surface area contributed by atoms with Crippen molar-refractivity contribution in [2.45, 2.75) is 38.3 Å². The SMILES string of the molecule is Cc1ccc(N2C[C@H](NC(=O)NC[C@H]3CCCO3)CC2=O)cc1. The van der Waals surface area contributed by atoms with E-state index < -0.39 is 0 Å². The number of aryl methyl sites for hydroxylation is 1. The first-order valence-electron chi connectivity index (χ1n) is 8.15. The number of ether oxygens (including phenoxy) is 1. The van der Waals surface area contributed by atoms with E-state index in [1.807, 2.05) is 31.2 Å². The molecule has 1 aromatic carbocycles. The molecule has 0 unspecified atom stereocenters. The van der Waals surface area contributed by atoms with Gasteiger partial charge in [-0.1, -0.05) is 17.7 Å². The van der Waals surface area contributed by atoms with Crippen LogP contribution in [0, 0.1) is 6.92 Å². The van der Waals surface area contributed by atoms with Crippen molar-refractivity contribution in [2.24, 2.45) is 0 Å². The van der Waals surface area contributed by atoms with Crippen molar-refractivity contribution in [3.05, 3.63) is 29.8 Å². The molecule has 0 aromatic heterocycles. The topological polar surface area (TPSA) is 70.7 Å². The third kappa shape index (κ3) is 4.01. The fourth-order valence-corrected chi connectivity index (χ4v) is 3.03. The molecule has 6 heteroatoms. The largest absolute Gasteiger partial charge is 0.376 e. The number of hydrogen-bond acceptors (Lipinski definition) is 3. The Morgan fingerprint density at radius 3 is 2.83 bits per heavy atom. The van der Waals surface area contributed by atoms with E-state index in [0.29, 0.717) is 19.5 Å². The maximum atomic E-state index is 12.2. The average molecular weight is 317 g/mol. The molecule has 3 amide bonds. The molecule has 124 valence electrons. The van der Waals surface area contributed by atoms with Crippen LogP contribution < -0.4 is 15.5 Å². The highest BCUT2D eigenvalue weighted by Crippen LogP contribution is 2.21. The summed E-state index contributed by atoms with van der Waals surface area (Å²) in [6, 6.07) is 7.45. The van der Waals surface area contributed by atoms with Gasteiger partial charge in [0.2, 0.25) is 5.91 Å². The van der Waals surface area contributed by atoms with Crippen LogP contribution in [0.3, 0.4) is 0 Å². The van der Waals surface area contributed by atoms with E-state index in [4.69, 9.17) is 4.74 Å². The summed E-state index contributed by atoms with van der Waals surface area (Å²) in [5.74, 6) is 0.0401. The molecular weight excluding hydrogens is 294 g/mol. The van der Waals surface area contributed by atoms with Gasteiger partial charge in [0, 0.05) is 31.8 Å². The van der Waals surface area contributed by atoms with Crippen LogP contribution in [0.2, 0.25) is 0 Å². The Labute approximate surface area is 136 Å². The zero-order chi connectivity index (χ0) is 16.2. The van der Waals surface area contributed by atoms with E-state index in [0.717, 1.165) is 30.7 Å². The van der Waals surface area contributed by atoms with Crippen LogP contribution in [0.5, 0.6) is 0 Å². The maximum absolute atomic E-state index is 12.2. The second-order valence-electron chi connectivity index (χ2n) is 6.23. The molecule has 2 aliphatic rings. The highest BCUT2D eigenvalue weighted by molar-refractivity contribution is 5.96. The van der Waals surface area contributed by atoms with Gasteiger partial charge >= 0.3 is 6.03 Å². The number of carbonyl (C=O) groups is 2. The van der Waals surface area contributed by atoms with E-state index >= 15 is 0 Å². The van der Waals surface area contributed by atoms with Crippen LogP contribution in [-0.2, 0) is 9.53 Å². The van der Waals surface area contributed by atoms with E-state index in [1.165, 1.54) is 0 Å². The van der Waals surface area contributed by atoms with E-state index in [-0.39, 0.29) is 24.1 Å². The van der Waals surface area contributed by atoms with Gasteiger partial charge in [-0.25, -0.2) is 4.79 Å². The first kappa shape index (κ1) is 15.8. The Hall–Kier alpha value is -2.08. The number of amides is 3. The number of nitrogens with zero attached hydrogens (tertiary/aromatic N) is 1. The summed E-state index contributed by atoms with van der Waals surface area (Å²) >= 11 is 0. The number of nitrogens with one attached hydrogen (secondary N) is 2. The smallest absolute Gasteiger partial charge is 0.315 e. The Kier molecular flexibility index (Phi) is 4.81. The minimum absolute atomic E-state index is 0.0401. The van der Waals surface area contributed by atoms with Gasteiger partial charge in [-0.15, -0.1) is 0 Å². The Morgan fingerprint density at radius 1 is 1.35 bits per heavy atom. The third-order valence-electron chi connectivity index (χ3n) is 4.32. The Balaban J connectivity index is 1.48. The molecule has 23 heavy (non-hydrogen) atoms. The molecule has 2 saturated heterocycles. The van der Waals surface area contributed by atoms with Crippen LogP contribution in [0.15, 0.2) is 24.3 Å². The molecule has 0 bridgehead atoms. The van der Waals surface area contributed by atoms with E-state index in [9.17, 15) is 9.59 Å². The Bertz CT molecular complexity index is 567. The van der Waals surface area contributed by atoms with Gasteiger partial charge < -0.3 is 20.3 Å². The quantitative estimate of drug-likeness (QED) is 0.886. The molecule has 1 aromatic rings. The molecule has 0 saturated carbocycles. The summed E-state index contributed by atoms with van der Waals surface area (Å²) in [7, 11) is 0. The number of benzene rings is 1. The molecule has 0 spiro atoms. The summed E-state index contributed by atoms with van der Waals surface area (Å²) in [4.78, 5) is 25.8. The summed E-state index contributed by atoms with van der Waals surface area (Å²) < 4.78 is 5.47. The van der Waals surface area contributed by atoms with Crippen molar-refractivity contribution in [1.82, 2.24) is 10.6 Å². The predicted molar refractivity (Wildman–Crippen MR) is 87.4 cm³/mol. The molecule has 2 fully saturated rings. The number of hydrogen-bond donors (Lipinski definition) is 2. The molecule has 2 atom stereocenters. The monoisotopic (exact) mass is 317 g/mol.